The van der Waals surface area contributed by atoms with E-state index in [-0.39, 0.29) is 0 Å². The van der Waals surface area contributed by atoms with Crippen molar-refractivity contribution < 1.29 is 4.42 Å². The maximum Gasteiger partial charge on any atom is 0.198 e. The first-order chi connectivity index (χ1) is 7.63. The summed E-state index contributed by atoms with van der Waals surface area (Å²) in [6.45, 7) is 5.79. The molecular weight excluding hydrogens is 204 g/mol. The quantitative estimate of drug-likeness (QED) is 0.595. The van der Waals surface area contributed by atoms with Crippen LogP contribution >= 0.6 is 0 Å². The van der Waals surface area contributed by atoms with Gasteiger partial charge in [0.1, 0.15) is 5.82 Å². The van der Waals surface area contributed by atoms with Crippen molar-refractivity contribution in [1.82, 2.24) is 9.97 Å². The first kappa shape index (κ1) is 10.6. The summed E-state index contributed by atoms with van der Waals surface area (Å²) < 4.78 is 5.35. The molecule has 0 bridgehead atoms. The fraction of sp³-hybridized carbons (Fsp3) is 0.273. The number of rotatable bonds is 2. The van der Waals surface area contributed by atoms with Crippen molar-refractivity contribution >= 4 is 5.82 Å². The third-order valence-corrected chi connectivity index (χ3v) is 2.59. The highest BCUT2D eigenvalue weighted by molar-refractivity contribution is 5.57. The summed E-state index contributed by atoms with van der Waals surface area (Å²) in [6.07, 6.45) is 1.62. The third-order valence-electron chi connectivity index (χ3n) is 2.59. The minimum absolute atomic E-state index is 0.554. The van der Waals surface area contributed by atoms with Crippen LogP contribution in [0.1, 0.15) is 16.8 Å². The van der Waals surface area contributed by atoms with Gasteiger partial charge in [0.2, 0.25) is 0 Å². The monoisotopic (exact) mass is 218 g/mol. The van der Waals surface area contributed by atoms with Crippen LogP contribution < -0.4 is 11.3 Å². The molecule has 5 nitrogen and oxygen atoms in total. The lowest BCUT2D eigenvalue weighted by Gasteiger charge is -2.08. The van der Waals surface area contributed by atoms with Gasteiger partial charge in [-0.2, -0.15) is 0 Å². The number of nitrogen functional groups attached to an aromatic ring is 1. The maximum atomic E-state index is 5.41. The average Bonchev–Trinajstić information content (AvgIpc) is 2.68. The third kappa shape index (κ3) is 1.65. The molecule has 0 fully saturated rings. The van der Waals surface area contributed by atoms with E-state index in [1.807, 2.05) is 26.8 Å². The normalized spacial score (nSPS) is 10.5. The molecule has 0 radical (unpaired) electrons. The highest BCUT2D eigenvalue weighted by Gasteiger charge is 2.12. The van der Waals surface area contributed by atoms with Crippen LogP contribution in [0.5, 0.6) is 0 Å². The lowest BCUT2D eigenvalue weighted by atomic mass is 10.2. The van der Waals surface area contributed by atoms with Crippen molar-refractivity contribution in [2.45, 2.75) is 20.8 Å². The van der Waals surface area contributed by atoms with Gasteiger partial charge in [-0.3, -0.25) is 0 Å². The molecule has 84 valence electrons. The summed E-state index contributed by atoms with van der Waals surface area (Å²) >= 11 is 0. The topological polar surface area (TPSA) is 77.0 Å². The van der Waals surface area contributed by atoms with Crippen LogP contribution in [0.15, 0.2) is 16.7 Å². The molecule has 0 unspecified atom stereocenters. The van der Waals surface area contributed by atoms with Crippen molar-refractivity contribution in [3.8, 4) is 11.6 Å². The highest BCUT2D eigenvalue weighted by Crippen LogP contribution is 2.24. The van der Waals surface area contributed by atoms with E-state index in [2.05, 4.69) is 15.4 Å². The second-order valence-electron chi connectivity index (χ2n) is 3.68. The van der Waals surface area contributed by atoms with Crippen molar-refractivity contribution in [2.24, 2.45) is 5.84 Å². The summed E-state index contributed by atoms with van der Waals surface area (Å²) in [5.74, 6) is 7.27. The Morgan fingerprint density at radius 3 is 2.56 bits per heavy atom. The standard InChI is InChI=1S/C11H14N4O/c1-6-4-5-16-9(6)11-13-8(3)7(2)10(14-11)15-12/h4-5H,12H2,1-3H3,(H,13,14,15). The van der Waals surface area contributed by atoms with E-state index in [9.17, 15) is 0 Å². The van der Waals surface area contributed by atoms with Gasteiger partial charge in [-0.25, -0.2) is 15.8 Å². The summed E-state index contributed by atoms with van der Waals surface area (Å²) in [5.41, 5.74) is 5.39. The number of hydrogen-bond acceptors (Lipinski definition) is 5. The minimum Gasteiger partial charge on any atom is -0.461 e. The van der Waals surface area contributed by atoms with Crippen LogP contribution in [0.3, 0.4) is 0 Å². The summed E-state index contributed by atoms with van der Waals surface area (Å²) in [6, 6.07) is 1.88. The Hall–Kier alpha value is -1.88. The summed E-state index contributed by atoms with van der Waals surface area (Å²) in [4.78, 5) is 8.70. The molecule has 2 heterocycles. The van der Waals surface area contributed by atoms with E-state index in [1.54, 1.807) is 6.26 Å². The molecule has 0 aliphatic carbocycles. The molecule has 0 aromatic carbocycles. The van der Waals surface area contributed by atoms with Crippen LogP contribution in [-0.2, 0) is 0 Å². The molecule has 0 aliphatic heterocycles. The summed E-state index contributed by atoms with van der Waals surface area (Å²) in [7, 11) is 0. The number of aryl methyl sites for hydroxylation is 2. The second-order valence-corrected chi connectivity index (χ2v) is 3.68. The second kappa shape index (κ2) is 3.94. The predicted octanol–water partition coefficient (Wildman–Crippen LogP) is 1.95. The zero-order valence-corrected chi connectivity index (χ0v) is 9.53. The maximum absolute atomic E-state index is 5.41. The van der Waals surface area contributed by atoms with Crippen molar-refractivity contribution in [3.63, 3.8) is 0 Å². The van der Waals surface area contributed by atoms with Gasteiger partial charge in [0.05, 0.1) is 6.26 Å². The number of hydrazine groups is 1. The Kier molecular flexibility index (Phi) is 2.62. The minimum atomic E-state index is 0.554. The number of aromatic nitrogens is 2. The zero-order valence-electron chi connectivity index (χ0n) is 9.53. The number of furan rings is 1. The van der Waals surface area contributed by atoms with E-state index in [4.69, 9.17) is 10.3 Å². The zero-order chi connectivity index (χ0) is 11.7. The molecular formula is C11H14N4O. The van der Waals surface area contributed by atoms with E-state index < -0.39 is 0 Å². The molecule has 0 aliphatic rings. The lowest BCUT2D eigenvalue weighted by Crippen LogP contribution is -2.12. The van der Waals surface area contributed by atoms with Crippen molar-refractivity contribution in [1.29, 1.82) is 0 Å². The molecule has 2 aromatic rings. The average molecular weight is 218 g/mol. The molecule has 5 heteroatoms. The molecule has 0 atom stereocenters. The molecule has 16 heavy (non-hydrogen) atoms. The Balaban J connectivity index is 2.59. The van der Waals surface area contributed by atoms with Gasteiger partial charge in [0.15, 0.2) is 11.6 Å². The van der Waals surface area contributed by atoms with Gasteiger partial charge in [-0.05, 0) is 32.4 Å². The number of anilines is 1. The number of nitrogens with zero attached hydrogens (tertiary/aromatic N) is 2. The summed E-state index contributed by atoms with van der Waals surface area (Å²) in [5, 5.41) is 0. The molecule has 0 saturated carbocycles. The van der Waals surface area contributed by atoms with Crippen LogP contribution in [0, 0.1) is 20.8 Å². The Morgan fingerprint density at radius 2 is 2.00 bits per heavy atom. The molecule has 0 spiro atoms. The molecule has 0 amide bonds. The van der Waals surface area contributed by atoms with Crippen molar-refractivity contribution in [2.75, 3.05) is 5.43 Å². The van der Waals surface area contributed by atoms with E-state index in [0.29, 0.717) is 17.4 Å². The number of hydrogen-bond donors (Lipinski definition) is 2. The van der Waals surface area contributed by atoms with Crippen LogP contribution in [0.4, 0.5) is 5.82 Å². The van der Waals surface area contributed by atoms with E-state index in [1.165, 1.54) is 0 Å². The largest absolute Gasteiger partial charge is 0.461 e. The Labute approximate surface area is 93.7 Å². The van der Waals surface area contributed by atoms with E-state index in [0.717, 1.165) is 16.8 Å². The van der Waals surface area contributed by atoms with Gasteiger partial charge < -0.3 is 9.84 Å². The first-order valence-corrected chi connectivity index (χ1v) is 4.99. The number of nitrogens with two attached hydrogens (primary N) is 1. The SMILES string of the molecule is Cc1ccoc1-c1nc(C)c(C)c(NN)n1. The fourth-order valence-corrected chi connectivity index (χ4v) is 1.47. The van der Waals surface area contributed by atoms with E-state index >= 15 is 0 Å². The van der Waals surface area contributed by atoms with Gasteiger partial charge in [-0.1, -0.05) is 0 Å². The van der Waals surface area contributed by atoms with Crippen molar-refractivity contribution in [3.05, 3.63) is 29.2 Å². The van der Waals surface area contributed by atoms with Crippen LogP contribution in [0.25, 0.3) is 11.6 Å². The Morgan fingerprint density at radius 1 is 1.25 bits per heavy atom. The molecule has 3 N–H and O–H groups in total. The van der Waals surface area contributed by atoms with Gasteiger partial charge >= 0.3 is 0 Å². The van der Waals surface area contributed by atoms with Crippen LogP contribution in [-0.4, -0.2) is 9.97 Å². The predicted molar refractivity (Wildman–Crippen MR) is 61.8 cm³/mol. The number of nitrogens with one attached hydrogen (secondary N) is 1. The smallest absolute Gasteiger partial charge is 0.198 e. The lowest BCUT2D eigenvalue weighted by molar-refractivity contribution is 0.575. The first-order valence-electron chi connectivity index (χ1n) is 4.99. The fourth-order valence-electron chi connectivity index (χ4n) is 1.47. The molecule has 2 rings (SSSR count). The van der Waals surface area contributed by atoms with Gasteiger partial charge in [0.25, 0.3) is 0 Å². The van der Waals surface area contributed by atoms with Gasteiger partial charge in [-0.15, -0.1) is 0 Å². The highest BCUT2D eigenvalue weighted by atomic mass is 16.3. The molecule has 2 aromatic heterocycles. The Bertz CT molecular complexity index is 519. The molecule has 0 saturated heterocycles. The van der Waals surface area contributed by atoms with Crippen LogP contribution in [0.2, 0.25) is 0 Å². The van der Waals surface area contributed by atoms with Gasteiger partial charge in [0, 0.05) is 11.3 Å².